The zero-order chi connectivity index (χ0) is 16.7. The molecule has 0 radical (unpaired) electrons. The van der Waals surface area contributed by atoms with E-state index in [1.807, 2.05) is 0 Å². The van der Waals surface area contributed by atoms with Gasteiger partial charge in [-0.1, -0.05) is 39.5 Å². The molecule has 1 atom stereocenters. The summed E-state index contributed by atoms with van der Waals surface area (Å²) in [5.41, 5.74) is 0. The molecule has 0 N–H and O–H groups in total. The molecule has 0 amide bonds. The number of hydrogen-bond donors (Lipinski definition) is 0. The van der Waals surface area contributed by atoms with Crippen molar-refractivity contribution in [3.05, 3.63) is 0 Å². The average Bonchev–Trinajstić information content (AvgIpc) is 2.46. The zero-order valence-electron chi connectivity index (χ0n) is 14.6. The predicted molar refractivity (Wildman–Crippen MR) is 81.0 cm³/mol. The Bertz CT molecular complexity index is 338. The minimum absolute atomic E-state index is 0. The van der Waals surface area contributed by atoms with E-state index in [0.29, 0.717) is 13.2 Å². The van der Waals surface area contributed by atoms with Crippen molar-refractivity contribution in [2.45, 2.75) is 64.0 Å². The summed E-state index contributed by atoms with van der Waals surface area (Å²) >= 11 is 0. The first-order valence-corrected chi connectivity index (χ1v) is 9.43. The van der Waals surface area contributed by atoms with Crippen LogP contribution in [0.1, 0.15) is 58.8 Å². The average molecular weight is 364 g/mol. The van der Waals surface area contributed by atoms with Crippen LogP contribution in [0.25, 0.3) is 0 Å². The molecule has 0 saturated heterocycles. The van der Waals surface area contributed by atoms with Crippen molar-refractivity contribution in [3.8, 4) is 0 Å². The van der Waals surface area contributed by atoms with Gasteiger partial charge in [-0.3, -0.25) is 0 Å². The van der Waals surface area contributed by atoms with Crippen molar-refractivity contribution in [1.82, 2.24) is 0 Å². The Balaban J connectivity index is 0. The summed E-state index contributed by atoms with van der Waals surface area (Å²) in [6, 6.07) is 0. The maximum absolute atomic E-state index is 11.1. The number of rotatable bonds is 16. The Labute approximate surface area is 162 Å². The predicted octanol–water partition coefficient (Wildman–Crippen LogP) is -0.429. The van der Waals surface area contributed by atoms with Gasteiger partial charge in [-0.2, -0.15) is 0 Å². The first-order valence-electron chi connectivity index (χ1n) is 7.95. The molecule has 0 bridgehead atoms. The SMILES string of the molecule is CCCCCOOCCC(COOCCCCC)S(=O)(=O)[O-].[Na+]. The molecular formula is C14H29NaO7S. The van der Waals surface area contributed by atoms with E-state index in [0.717, 1.165) is 38.5 Å². The monoisotopic (exact) mass is 364 g/mol. The van der Waals surface area contributed by atoms with Gasteiger partial charge in [-0.05, 0) is 19.3 Å². The summed E-state index contributed by atoms with van der Waals surface area (Å²) in [7, 11) is -4.45. The van der Waals surface area contributed by atoms with Gasteiger partial charge in [-0.15, -0.1) is 0 Å². The Morgan fingerprint density at radius 1 is 0.826 bits per heavy atom. The molecule has 0 rings (SSSR count). The maximum Gasteiger partial charge on any atom is 1.00 e. The minimum atomic E-state index is -4.45. The first kappa shape index (κ1) is 26.0. The molecular weight excluding hydrogens is 335 g/mol. The second-order valence-corrected chi connectivity index (χ2v) is 6.72. The van der Waals surface area contributed by atoms with Crippen LogP contribution >= 0.6 is 0 Å². The third-order valence-electron chi connectivity index (χ3n) is 3.01. The van der Waals surface area contributed by atoms with E-state index in [-0.39, 0.29) is 49.2 Å². The molecule has 9 heteroatoms. The van der Waals surface area contributed by atoms with Gasteiger partial charge in [0.2, 0.25) is 0 Å². The van der Waals surface area contributed by atoms with Crippen molar-refractivity contribution in [2.75, 3.05) is 26.4 Å². The van der Waals surface area contributed by atoms with Gasteiger partial charge >= 0.3 is 29.6 Å². The molecule has 0 heterocycles. The summed E-state index contributed by atoms with van der Waals surface area (Å²) in [5, 5.41) is -1.20. The van der Waals surface area contributed by atoms with Crippen LogP contribution in [-0.2, 0) is 29.7 Å². The van der Waals surface area contributed by atoms with E-state index < -0.39 is 15.4 Å². The molecule has 1 unspecified atom stereocenters. The van der Waals surface area contributed by atoms with Crippen molar-refractivity contribution in [3.63, 3.8) is 0 Å². The first-order chi connectivity index (χ1) is 10.5. The van der Waals surface area contributed by atoms with Crippen LogP contribution in [-0.4, -0.2) is 44.6 Å². The minimum Gasteiger partial charge on any atom is -0.748 e. The standard InChI is InChI=1S/C14H30O7S.Na/c1-3-5-7-10-18-20-12-9-14(22(15,16)17)13-21-19-11-8-6-4-2;/h14H,3-13H2,1-2H3,(H,15,16,17);/q;+1/p-1. The summed E-state index contributed by atoms with van der Waals surface area (Å²) < 4.78 is 33.3. The van der Waals surface area contributed by atoms with Crippen LogP contribution in [0, 0.1) is 0 Å². The molecule has 0 saturated carbocycles. The fourth-order valence-electron chi connectivity index (χ4n) is 1.61. The molecule has 0 aliphatic heterocycles. The largest absolute Gasteiger partial charge is 1.00 e. The number of unbranched alkanes of at least 4 members (excludes halogenated alkanes) is 4. The number of hydrogen-bond acceptors (Lipinski definition) is 7. The van der Waals surface area contributed by atoms with Gasteiger partial charge in [-0.25, -0.2) is 28.0 Å². The fourth-order valence-corrected chi connectivity index (χ4v) is 2.22. The van der Waals surface area contributed by atoms with E-state index in [2.05, 4.69) is 13.8 Å². The van der Waals surface area contributed by atoms with Crippen molar-refractivity contribution >= 4 is 10.1 Å². The van der Waals surface area contributed by atoms with Gasteiger partial charge in [0.15, 0.2) is 0 Å². The van der Waals surface area contributed by atoms with E-state index in [1.54, 1.807) is 0 Å². The second-order valence-electron chi connectivity index (χ2n) is 5.07. The normalized spacial score (nSPS) is 12.8. The van der Waals surface area contributed by atoms with Gasteiger partial charge in [0.25, 0.3) is 0 Å². The Morgan fingerprint density at radius 3 is 1.78 bits per heavy atom. The molecule has 0 aromatic carbocycles. The van der Waals surface area contributed by atoms with Gasteiger partial charge in [0.1, 0.15) is 0 Å². The molecule has 23 heavy (non-hydrogen) atoms. The van der Waals surface area contributed by atoms with E-state index >= 15 is 0 Å². The quantitative estimate of drug-likeness (QED) is 0.121. The molecule has 0 spiro atoms. The van der Waals surface area contributed by atoms with Crippen LogP contribution in [0.3, 0.4) is 0 Å². The molecule has 0 aliphatic rings. The van der Waals surface area contributed by atoms with Crippen molar-refractivity contribution < 1.29 is 62.1 Å². The second kappa shape index (κ2) is 17.6. The molecule has 0 fully saturated rings. The van der Waals surface area contributed by atoms with Gasteiger partial charge in [0, 0.05) is 0 Å². The third kappa shape index (κ3) is 17.4. The van der Waals surface area contributed by atoms with Crippen LogP contribution in [0.4, 0.5) is 0 Å². The summed E-state index contributed by atoms with van der Waals surface area (Å²) in [5.74, 6) is 0. The molecule has 134 valence electrons. The van der Waals surface area contributed by atoms with Crippen LogP contribution < -0.4 is 29.6 Å². The fraction of sp³-hybridized carbons (Fsp3) is 1.00. The van der Waals surface area contributed by atoms with Crippen molar-refractivity contribution in [2.24, 2.45) is 0 Å². The topological polar surface area (TPSA) is 94.1 Å². The third-order valence-corrected chi connectivity index (χ3v) is 4.20. The van der Waals surface area contributed by atoms with E-state index in [9.17, 15) is 13.0 Å². The summed E-state index contributed by atoms with van der Waals surface area (Å²) in [6.45, 7) is 4.71. The molecule has 0 aliphatic carbocycles. The van der Waals surface area contributed by atoms with Gasteiger partial charge < -0.3 is 4.55 Å². The van der Waals surface area contributed by atoms with Crippen LogP contribution in [0.2, 0.25) is 0 Å². The Hall–Kier alpha value is 0.750. The summed E-state index contributed by atoms with van der Waals surface area (Å²) in [4.78, 5) is 19.4. The molecule has 0 aromatic rings. The van der Waals surface area contributed by atoms with Gasteiger partial charge in [0.05, 0.1) is 41.8 Å². The smallest absolute Gasteiger partial charge is 0.748 e. The Kier molecular flexibility index (Phi) is 19.8. The molecule has 0 aromatic heterocycles. The summed E-state index contributed by atoms with van der Waals surface area (Å²) in [6.07, 6.45) is 5.92. The molecule has 7 nitrogen and oxygen atoms in total. The zero-order valence-corrected chi connectivity index (χ0v) is 17.4. The van der Waals surface area contributed by atoms with Crippen molar-refractivity contribution in [1.29, 1.82) is 0 Å². The van der Waals surface area contributed by atoms with Crippen LogP contribution in [0.5, 0.6) is 0 Å². The maximum atomic E-state index is 11.1. The van der Waals surface area contributed by atoms with E-state index in [1.165, 1.54) is 0 Å². The van der Waals surface area contributed by atoms with Crippen LogP contribution in [0.15, 0.2) is 0 Å². The Morgan fingerprint density at radius 2 is 1.30 bits per heavy atom. The van der Waals surface area contributed by atoms with E-state index in [4.69, 9.17) is 19.6 Å².